The number of H-pyrrole nitrogens is 1. The van der Waals surface area contributed by atoms with Gasteiger partial charge in [0, 0.05) is 19.3 Å². The molecule has 24 heavy (non-hydrogen) atoms. The first-order valence-corrected chi connectivity index (χ1v) is 8.26. The standard InChI is InChI=1S/C17H21N5O2/c1-2-6-14-21-17(24-22-14)10-5-9-16(23)18-11-15-19-12-7-3-4-8-13(12)20-15/h3-4,7-8H,2,5-6,9-11H2,1H3,(H,18,23)(H,19,20). The first kappa shape index (κ1) is 16.2. The third-order valence-electron chi connectivity index (χ3n) is 3.67. The number of nitrogens with zero attached hydrogens (tertiary/aromatic N) is 3. The number of hydrogen-bond donors (Lipinski definition) is 2. The van der Waals surface area contributed by atoms with Gasteiger partial charge in [0.2, 0.25) is 11.8 Å². The van der Waals surface area contributed by atoms with Crippen LogP contribution >= 0.6 is 0 Å². The zero-order chi connectivity index (χ0) is 16.8. The van der Waals surface area contributed by atoms with Gasteiger partial charge in [0.15, 0.2) is 5.82 Å². The van der Waals surface area contributed by atoms with Crippen LogP contribution in [-0.2, 0) is 24.2 Å². The number of amides is 1. The van der Waals surface area contributed by atoms with E-state index in [2.05, 4.69) is 32.3 Å². The Hall–Kier alpha value is -2.70. The Morgan fingerprint density at radius 3 is 2.96 bits per heavy atom. The largest absolute Gasteiger partial charge is 0.349 e. The Labute approximate surface area is 139 Å². The van der Waals surface area contributed by atoms with Gasteiger partial charge in [0.05, 0.1) is 17.6 Å². The van der Waals surface area contributed by atoms with Crippen LogP contribution in [0.2, 0.25) is 0 Å². The number of hydrogen-bond acceptors (Lipinski definition) is 5. The van der Waals surface area contributed by atoms with Crippen molar-refractivity contribution in [2.24, 2.45) is 0 Å². The molecule has 2 heterocycles. The second kappa shape index (κ2) is 7.72. The van der Waals surface area contributed by atoms with Crippen LogP contribution in [0.3, 0.4) is 0 Å². The minimum Gasteiger partial charge on any atom is -0.349 e. The number of carbonyl (C=O) groups is 1. The molecule has 7 nitrogen and oxygen atoms in total. The first-order valence-electron chi connectivity index (χ1n) is 8.26. The van der Waals surface area contributed by atoms with Gasteiger partial charge >= 0.3 is 0 Å². The number of fused-ring (bicyclic) bond motifs is 1. The summed E-state index contributed by atoms with van der Waals surface area (Å²) >= 11 is 0. The average Bonchev–Trinajstić information content (AvgIpc) is 3.19. The maximum Gasteiger partial charge on any atom is 0.226 e. The fraction of sp³-hybridized carbons (Fsp3) is 0.412. The minimum atomic E-state index is -0.0104. The molecule has 0 aliphatic heterocycles. The van der Waals surface area contributed by atoms with E-state index >= 15 is 0 Å². The van der Waals surface area contributed by atoms with Crippen molar-refractivity contribution in [3.63, 3.8) is 0 Å². The van der Waals surface area contributed by atoms with Crippen molar-refractivity contribution in [2.45, 2.75) is 45.6 Å². The number of rotatable bonds is 8. The average molecular weight is 327 g/mol. The van der Waals surface area contributed by atoms with Gasteiger partial charge in [-0.1, -0.05) is 24.2 Å². The van der Waals surface area contributed by atoms with Crippen molar-refractivity contribution in [1.29, 1.82) is 0 Å². The zero-order valence-corrected chi connectivity index (χ0v) is 13.7. The third kappa shape index (κ3) is 4.18. The monoisotopic (exact) mass is 327 g/mol. The summed E-state index contributed by atoms with van der Waals surface area (Å²) in [6.45, 7) is 2.47. The first-order chi connectivity index (χ1) is 11.7. The topological polar surface area (TPSA) is 96.7 Å². The summed E-state index contributed by atoms with van der Waals surface area (Å²) in [5.74, 6) is 2.08. The van der Waals surface area contributed by atoms with E-state index in [-0.39, 0.29) is 5.91 Å². The lowest BCUT2D eigenvalue weighted by molar-refractivity contribution is -0.121. The summed E-state index contributed by atoms with van der Waals surface area (Å²) in [4.78, 5) is 23.8. The molecule has 1 aromatic carbocycles. The van der Waals surface area contributed by atoms with Gasteiger partial charge in [-0.2, -0.15) is 4.98 Å². The van der Waals surface area contributed by atoms with Crippen LogP contribution in [0.5, 0.6) is 0 Å². The normalized spacial score (nSPS) is 11.0. The smallest absolute Gasteiger partial charge is 0.226 e. The van der Waals surface area contributed by atoms with Crippen molar-refractivity contribution in [1.82, 2.24) is 25.4 Å². The van der Waals surface area contributed by atoms with Gasteiger partial charge in [-0.15, -0.1) is 0 Å². The van der Waals surface area contributed by atoms with Crippen LogP contribution in [0.4, 0.5) is 0 Å². The zero-order valence-electron chi connectivity index (χ0n) is 13.7. The molecule has 0 spiro atoms. The predicted octanol–water partition coefficient (Wildman–Crippen LogP) is 2.54. The van der Waals surface area contributed by atoms with Crippen molar-refractivity contribution < 1.29 is 9.32 Å². The molecule has 0 radical (unpaired) electrons. The number of carbonyl (C=O) groups excluding carboxylic acids is 1. The number of aryl methyl sites for hydroxylation is 2. The van der Waals surface area contributed by atoms with E-state index in [1.165, 1.54) is 0 Å². The number of benzene rings is 1. The van der Waals surface area contributed by atoms with E-state index in [0.29, 0.717) is 31.7 Å². The molecule has 0 fully saturated rings. The quantitative estimate of drug-likeness (QED) is 0.662. The molecule has 1 amide bonds. The molecule has 0 saturated carbocycles. The SMILES string of the molecule is CCCc1noc(CCCC(=O)NCc2nc3ccccc3[nH]2)n1. The van der Waals surface area contributed by atoms with E-state index in [9.17, 15) is 4.79 Å². The molecule has 7 heteroatoms. The highest BCUT2D eigenvalue weighted by molar-refractivity contribution is 5.76. The number of aromatic nitrogens is 4. The summed E-state index contributed by atoms with van der Waals surface area (Å²) in [6, 6.07) is 7.79. The molecule has 0 atom stereocenters. The molecule has 2 aromatic heterocycles. The molecule has 2 N–H and O–H groups in total. The Morgan fingerprint density at radius 2 is 2.12 bits per heavy atom. The van der Waals surface area contributed by atoms with Crippen LogP contribution in [0.15, 0.2) is 28.8 Å². The summed E-state index contributed by atoms with van der Waals surface area (Å²) in [5.41, 5.74) is 1.88. The number of aromatic amines is 1. The Bertz CT molecular complexity index is 775. The molecule has 0 aliphatic rings. The molecule has 0 aliphatic carbocycles. The highest BCUT2D eigenvalue weighted by Gasteiger charge is 2.08. The molecule has 0 unspecified atom stereocenters. The van der Waals surface area contributed by atoms with Crippen LogP contribution in [0.1, 0.15) is 43.7 Å². The van der Waals surface area contributed by atoms with E-state index in [4.69, 9.17) is 4.52 Å². The van der Waals surface area contributed by atoms with Gasteiger partial charge in [-0.25, -0.2) is 4.98 Å². The molecule has 126 valence electrons. The Kier molecular flexibility index (Phi) is 5.20. The molecule has 0 saturated heterocycles. The lowest BCUT2D eigenvalue weighted by Gasteiger charge is -2.02. The molecular formula is C17H21N5O2. The number of nitrogens with one attached hydrogen (secondary N) is 2. The van der Waals surface area contributed by atoms with Crippen LogP contribution in [0.25, 0.3) is 11.0 Å². The van der Waals surface area contributed by atoms with Gasteiger partial charge in [-0.05, 0) is 25.0 Å². The Morgan fingerprint density at radius 1 is 1.25 bits per heavy atom. The fourth-order valence-corrected chi connectivity index (χ4v) is 2.48. The molecule has 3 rings (SSSR count). The van der Waals surface area contributed by atoms with Crippen molar-refractivity contribution in [2.75, 3.05) is 0 Å². The van der Waals surface area contributed by atoms with E-state index in [1.54, 1.807) is 0 Å². The van der Waals surface area contributed by atoms with Crippen LogP contribution in [-0.4, -0.2) is 26.0 Å². The van der Waals surface area contributed by atoms with Gasteiger partial charge in [-0.3, -0.25) is 4.79 Å². The van der Waals surface area contributed by atoms with Crippen molar-refractivity contribution in [3.05, 3.63) is 41.8 Å². The van der Waals surface area contributed by atoms with Gasteiger partial charge in [0.25, 0.3) is 0 Å². The summed E-state index contributed by atoms with van der Waals surface area (Å²) < 4.78 is 5.15. The van der Waals surface area contributed by atoms with Crippen LogP contribution in [0, 0.1) is 0 Å². The second-order valence-electron chi connectivity index (χ2n) is 5.69. The van der Waals surface area contributed by atoms with Gasteiger partial charge < -0.3 is 14.8 Å². The number of para-hydroxylation sites is 2. The van der Waals surface area contributed by atoms with E-state index < -0.39 is 0 Å². The summed E-state index contributed by atoms with van der Waals surface area (Å²) in [5, 5.41) is 6.77. The lowest BCUT2D eigenvalue weighted by atomic mass is 10.2. The van der Waals surface area contributed by atoms with Crippen molar-refractivity contribution in [3.8, 4) is 0 Å². The molecular weight excluding hydrogens is 306 g/mol. The third-order valence-corrected chi connectivity index (χ3v) is 3.67. The lowest BCUT2D eigenvalue weighted by Crippen LogP contribution is -2.23. The highest BCUT2D eigenvalue weighted by Crippen LogP contribution is 2.10. The Balaban J connectivity index is 1.40. The minimum absolute atomic E-state index is 0.0104. The van der Waals surface area contributed by atoms with Gasteiger partial charge in [0.1, 0.15) is 5.82 Å². The fourth-order valence-electron chi connectivity index (χ4n) is 2.48. The number of imidazole rings is 1. The van der Waals surface area contributed by atoms with Crippen LogP contribution < -0.4 is 5.32 Å². The van der Waals surface area contributed by atoms with Crippen molar-refractivity contribution >= 4 is 16.9 Å². The second-order valence-corrected chi connectivity index (χ2v) is 5.69. The maximum absolute atomic E-state index is 11.9. The summed E-state index contributed by atoms with van der Waals surface area (Å²) in [6.07, 6.45) is 3.53. The summed E-state index contributed by atoms with van der Waals surface area (Å²) in [7, 11) is 0. The molecule has 0 bridgehead atoms. The highest BCUT2D eigenvalue weighted by atomic mass is 16.5. The molecule has 3 aromatic rings. The van der Waals surface area contributed by atoms with E-state index in [0.717, 1.165) is 35.5 Å². The van der Waals surface area contributed by atoms with E-state index in [1.807, 2.05) is 24.3 Å². The predicted molar refractivity (Wildman–Crippen MR) is 89.2 cm³/mol. The maximum atomic E-state index is 11.9.